The molecule has 2 atom stereocenters. The van der Waals surface area contributed by atoms with Gasteiger partial charge in [-0.05, 0) is 47.5 Å². The van der Waals surface area contributed by atoms with Gasteiger partial charge in [-0.15, -0.1) is 11.8 Å². The van der Waals surface area contributed by atoms with E-state index in [1.807, 2.05) is 11.8 Å². The van der Waals surface area contributed by atoms with E-state index in [0.717, 1.165) is 48.2 Å². The molecule has 0 amide bonds. The number of fused-ring (bicyclic) bond motifs is 3. The van der Waals surface area contributed by atoms with Crippen LogP contribution in [-0.2, 0) is 0 Å². The van der Waals surface area contributed by atoms with Crippen LogP contribution in [0.2, 0.25) is 0 Å². The van der Waals surface area contributed by atoms with Crippen LogP contribution in [0, 0.1) is 0 Å². The fraction of sp³-hybridized carbons (Fsp3) is 0.250. The maximum atomic E-state index is 6.38. The maximum absolute atomic E-state index is 6.38. The summed E-state index contributed by atoms with van der Waals surface area (Å²) in [5.41, 5.74) is 7.09. The Kier molecular flexibility index (Phi) is 4.38. The summed E-state index contributed by atoms with van der Waals surface area (Å²) in [6, 6.07) is 21.7. The summed E-state index contributed by atoms with van der Waals surface area (Å²) >= 11 is 1.91. The lowest BCUT2D eigenvalue weighted by atomic mass is 10.0. The molecule has 0 fully saturated rings. The molecule has 3 aromatic carbocycles. The monoisotopic (exact) mass is 416 g/mol. The Morgan fingerprint density at radius 1 is 0.767 bits per heavy atom. The van der Waals surface area contributed by atoms with Crippen molar-refractivity contribution in [1.29, 1.82) is 0 Å². The minimum atomic E-state index is 0.0255. The van der Waals surface area contributed by atoms with Gasteiger partial charge in [-0.2, -0.15) is 0 Å². The van der Waals surface area contributed by atoms with Crippen molar-refractivity contribution in [3.8, 4) is 5.75 Å². The second kappa shape index (κ2) is 7.36. The van der Waals surface area contributed by atoms with Crippen LogP contribution in [0.15, 0.2) is 65.6 Å². The van der Waals surface area contributed by atoms with E-state index in [9.17, 15) is 0 Å². The molecule has 0 radical (unpaired) electrons. The molecular weight excluding hydrogens is 392 g/mol. The Morgan fingerprint density at radius 2 is 1.63 bits per heavy atom. The van der Waals surface area contributed by atoms with Crippen molar-refractivity contribution >= 4 is 34.5 Å². The molecular formula is C24H24N4OS. The number of benzene rings is 3. The molecule has 0 spiro atoms. The highest BCUT2D eigenvalue weighted by molar-refractivity contribution is 7.99. The van der Waals surface area contributed by atoms with Crippen LogP contribution in [-0.4, -0.2) is 25.4 Å². The van der Waals surface area contributed by atoms with Gasteiger partial charge in [0.1, 0.15) is 11.9 Å². The van der Waals surface area contributed by atoms with E-state index < -0.39 is 0 Å². The van der Waals surface area contributed by atoms with Crippen LogP contribution in [0.5, 0.6) is 5.75 Å². The van der Waals surface area contributed by atoms with Crippen LogP contribution in [0.25, 0.3) is 0 Å². The normalized spacial score (nSPS) is 21.3. The molecule has 0 bridgehead atoms. The zero-order valence-electron chi connectivity index (χ0n) is 16.6. The van der Waals surface area contributed by atoms with Crippen molar-refractivity contribution in [2.24, 2.45) is 0 Å². The van der Waals surface area contributed by atoms with Gasteiger partial charge in [-0.25, -0.2) is 0 Å². The lowest BCUT2D eigenvalue weighted by Gasteiger charge is -2.31. The molecule has 3 aliphatic heterocycles. The summed E-state index contributed by atoms with van der Waals surface area (Å²) in [4.78, 5) is 1.32. The zero-order chi connectivity index (χ0) is 19.9. The van der Waals surface area contributed by atoms with Crippen molar-refractivity contribution in [2.45, 2.75) is 17.0 Å². The molecule has 30 heavy (non-hydrogen) atoms. The molecule has 4 N–H and O–H groups in total. The Balaban J connectivity index is 1.21. The quantitative estimate of drug-likeness (QED) is 0.453. The molecule has 6 heteroatoms. The number of nitrogens with one attached hydrogen (secondary N) is 4. The third-order valence-corrected chi connectivity index (χ3v) is 7.02. The molecule has 0 saturated carbocycles. The summed E-state index contributed by atoms with van der Waals surface area (Å²) in [6.45, 7) is 2.66. The average Bonchev–Trinajstić information content (AvgIpc) is 2.83. The zero-order valence-corrected chi connectivity index (χ0v) is 17.4. The van der Waals surface area contributed by atoms with E-state index in [-0.39, 0.29) is 12.1 Å². The van der Waals surface area contributed by atoms with Crippen molar-refractivity contribution < 1.29 is 4.74 Å². The number of thioether (sulfide) groups is 1. The van der Waals surface area contributed by atoms with Gasteiger partial charge < -0.3 is 26.0 Å². The molecule has 3 aromatic rings. The number of para-hydroxylation sites is 2. The van der Waals surface area contributed by atoms with Gasteiger partial charge in [0.2, 0.25) is 0 Å². The highest BCUT2D eigenvalue weighted by Crippen LogP contribution is 2.40. The molecule has 0 saturated heterocycles. The van der Waals surface area contributed by atoms with Gasteiger partial charge in [0.15, 0.2) is 0 Å². The largest absolute Gasteiger partial charge is 0.482 e. The van der Waals surface area contributed by atoms with E-state index in [1.54, 1.807) is 0 Å². The maximum Gasteiger partial charge on any atom is 0.143 e. The van der Waals surface area contributed by atoms with Gasteiger partial charge >= 0.3 is 0 Å². The molecule has 6 rings (SSSR count). The van der Waals surface area contributed by atoms with E-state index in [4.69, 9.17) is 4.74 Å². The predicted molar refractivity (Wildman–Crippen MR) is 125 cm³/mol. The second-order valence-electron chi connectivity index (χ2n) is 7.90. The van der Waals surface area contributed by atoms with Gasteiger partial charge in [-0.3, -0.25) is 0 Å². The number of ether oxygens (including phenoxy) is 1. The SMILES string of the molecule is c1ccc2c(c1)NCC(c1ccc3c(c1)NCC(c1ccc4c(c1)SCCN4)O3)N2. The average molecular weight is 417 g/mol. The molecule has 0 aliphatic carbocycles. The first kappa shape index (κ1) is 17.8. The van der Waals surface area contributed by atoms with Gasteiger partial charge in [-0.1, -0.05) is 24.3 Å². The third-order valence-electron chi connectivity index (χ3n) is 5.96. The smallest absolute Gasteiger partial charge is 0.143 e. The molecule has 2 unspecified atom stereocenters. The van der Waals surface area contributed by atoms with Crippen LogP contribution >= 0.6 is 11.8 Å². The van der Waals surface area contributed by atoms with E-state index in [1.165, 1.54) is 21.7 Å². The number of rotatable bonds is 2. The fourth-order valence-electron chi connectivity index (χ4n) is 4.36. The summed E-state index contributed by atoms with van der Waals surface area (Å²) in [5, 5.41) is 14.2. The molecule has 0 aromatic heterocycles. The van der Waals surface area contributed by atoms with E-state index in [2.05, 4.69) is 81.9 Å². The summed E-state index contributed by atoms with van der Waals surface area (Å²) in [6.07, 6.45) is 0.0255. The molecule has 3 heterocycles. The Bertz CT molecular complexity index is 1100. The van der Waals surface area contributed by atoms with Crippen molar-refractivity contribution in [2.75, 3.05) is 46.7 Å². The molecule has 5 nitrogen and oxygen atoms in total. The van der Waals surface area contributed by atoms with Crippen molar-refractivity contribution in [1.82, 2.24) is 0 Å². The summed E-state index contributed by atoms with van der Waals surface area (Å²) in [5.74, 6) is 2.03. The lowest BCUT2D eigenvalue weighted by Crippen LogP contribution is -2.27. The number of anilines is 4. The number of hydrogen-bond acceptors (Lipinski definition) is 6. The second-order valence-corrected chi connectivity index (χ2v) is 9.03. The van der Waals surface area contributed by atoms with Gasteiger partial charge in [0.05, 0.1) is 29.6 Å². The molecule has 3 aliphatic rings. The first-order valence-corrected chi connectivity index (χ1v) is 11.5. The minimum Gasteiger partial charge on any atom is -0.482 e. The van der Waals surface area contributed by atoms with E-state index in [0.29, 0.717) is 0 Å². The Hall–Kier alpha value is -2.99. The van der Waals surface area contributed by atoms with Gasteiger partial charge in [0, 0.05) is 29.4 Å². The lowest BCUT2D eigenvalue weighted by molar-refractivity contribution is 0.210. The minimum absolute atomic E-state index is 0.0255. The number of hydrogen-bond donors (Lipinski definition) is 4. The van der Waals surface area contributed by atoms with Crippen LogP contribution in [0.4, 0.5) is 22.7 Å². The predicted octanol–water partition coefficient (Wildman–Crippen LogP) is 5.33. The Labute approximate surface area is 180 Å². The fourth-order valence-corrected chi connectivity index (χ4v) is 5.29. The highest BCUT2D eigenvalue weighted by Gasteiger charge is 2.25. The van der Waals surface area contributed by atoms with Crippen LogP contribution < -0.4 is 26.0 Å². The van der Waals surface area contributed by atoms with Crippen molar-refractivity contribution in [3.63, 3.8) is 0 Å². The summed E-state index contributed by atoms with van der Waals surface area (Å²) in [7, 11) is 0. The van der Waals surface area contributed by atoms with Gasteiger partial charge in [0.25, 0.3) is 0 Å². The molecule has 152 valence electrons. The standard InChI is InChI=1S/C24H24N4OS/c1-2-4-18-17(3-1)26-13-21(28-18)15-6-8-22-20(11-15)27-14-23(29-22)16-5-7-19-24(12-16)30-10-9-25-19/h1-8,11-12,21,23,25-28H,9-10,13-14H2. The third kappa shape index (κ3) is 3.21. The first-order valence-electron chi connectivity index (χ1n) is 10.5. The topological polar surface area (TPSA) is 57.3 Å². The van der Waals surface area contributed by atoms with Crippen LogP contribution in [0.1, 0.15) is 23.3 Å². The Morgan fingerprint density at radius 3 is 2.60 bits per heavy atom. The van der Waals surface area contributed by atoms with Crippen molar-refractivity contribution in [3.05, 3.63) is 71.8 Å². The first-order chi connectivity index (χ1) is 14.8. The van der Waals surface area contributed by atoms with E-state index >= 15 is 0 Å². The highest BCUT2D eigenvalue weighted by atomic mass is 32.2. The van der Waals surface area contributed by atoms with Crippen LogP contribution in [0.3, 0.4) is 0 Å². The summed E-state index contributed by atoms with van der Waals surface area (Å²) < 4.78 is 6.38.